The topological polar surface area (TPSA) is 49.3 Å². The molecule has 106 valence electrons. The van der Waals surface area contributed by atoms with Crippen LogP contribution < -0.4 is 5.32 Å². The van der Waals surface area contributed by atoms with Crippen molar-refractivity contribution in [3.63, 3.8) is 0 Å². The molecule has 0 aliphatic rings. The van der Waals surface area contributed by atoms with Gasteiger partial charge in [0.2, 0.25) is 5.91 Å². The van der Waals surface area contributed by atoms with Gasteiger partial charge in [0.1, 0.15) is 0 Å². The number of nitrogens with one attached hydrogen (secondary N) is 1. The summed E-state index contributed by atoms with van der Waals surface area (Å²) in [7, 11) is 0. The number of carbonyl (C=O) groups excluding carboxylic acids is 1. The average molecular weight is 296 g/mol. The second-order valence-corrected chi connectivity index (χ2v) is 4.33. The number of hydrogen-bond acceptors (Lipinski definition) is 2. The molecule has 19 heavy (non-hydrogen) atoms. The molecule has 0 aliphatic carbocycles. The largest absolute Gasteiger partial charge is 0.417 e. The zero-order chi connectivity index (χ0) is 14.5. The van der Waals surface area contributed by atoms with Gasteiger partial charge in [0.05, 0.1) is 10.6 Å². The number of amides is 1. The summed E-state index contributed by atoms with van der Waals surface area (Å²) >= 11 is 5.46. The zero-order valence-electron chi connectivity index (χ0n) is 9.93. The zero-order valence-corrected chi connectivity index (χ0v) is 10.7. The Hall–Kier alpha value is -1.27. The molecule has 0 unspecified atom stereocenters. The van der Waals surface area contributed by atoms with Crippen molar-refractivity contribution < 1.29 is 23.1 Å². The van der Waals surface area contributed by atoms with Crippen LogP contribution in [0.1, 0.15) is 24.8 Å². The lowest BCUT2D eigenvalue weighted by Gasteiger charge is -2.11. The second-order valence-electron chi connectivity index (χ2n) is 3.92. The highest BCUT2D eigenvalue weighted by Gasteiger charge is 2.33. The molecule has 0 heterocycles. The van der Waals surface area contributed by atoms with Gasteiger partial charge in [-0.15, -0.1) is 0 Å². The van der Waals surface area contributed by atoms with Crippen molar-refractivity contribution in [2.75, 3.05) is 11.9 Å². The maximum absolute atomic E-state index is 12.6. The van der Waals surface area contributed by atoms with Crippen molar-refractivity contribution in [3.05, 3.63) is 28.8 Å². The summed E-state index contributed by atoms with van der Waals surface area (Å²) < 4.78 is 37.8. The van der Waals surface area contributed by atoms with E-state index in [4.69, 9.17) is 16.7 Å². The number of hydrogen-bond donors (Lipinski definition) is 2. The minimum atomic E-state index is -4.56. The lowest BCUT2D eigenvalue weighted by molar-refractivity contribution is -0.137. The van der Waals surface area contributed by atoms with E-state index in [1.807, 2.05) is 0 Å². The summed E-state index contributed by atoms with van der Waals surface area (Å²) in [5.41, 5.74) is -0.937. The van der Waals surface area contributed by atoms with E-state index in [2.05, 4.69) is 5.32 Å². The molecule has 2 N–H and O–H groups in total. The summed E-state index contributed by atoms with van der Waals surface area (Å²) in [6, 6.07) is 3.20. The van der Waals surface area contributed by atoms with Gasteiger partial charge in [-0.2, -0.15) is 13.2 Å². The Labute approximate surface area is 113 Å². The van der Waals surface area contributed by atoms with E-state index >= 15 is 0 Å². The molecule has 0 aromatic heterocycles. The molecule has 0 spiro atoms. The molecule has 0 radical (unpaired) electrons. The second kappa shape index (κ2) is 6.77. The third kappa shape index (κ3) is 5.08. The molecular weight excluding hydrogens is 283 g/mol. The Morgan fingerprint density at radius 2 is 2.00 bits per heavy atom. The number of anilines is 1. The Kier molecular flexibility index (Phi) is 5.62. The number of carbonyl (C=O) groups is 1. The van der Waals surface area contributed by atoms with Crippen molar-refractivity contribution in [3.8, 4) is 0 Å². The standard InChI is InChI=1S/C12H13ClF3NO2/c13-10-5-4-8(7-9(10)12(14,15)16)17-11(19)3-1-2-6-18/h4-5,7,18H,1-3,6H2,(H,17,19). The Balaban J connectivity index is 2.72. The van der Waals surface area contributed by atoms with E-state index in [0.29, 0.717) is 12.8 Å². The Morgan fingerprint density at radius 1 is 1.32 bits per heavy atom. The molecule has 0 saturated heterocycles. The molecule has 0 aliphatic heterocycles. The van der Waals surface area contributed by atoms with Gasteiger partial charge < -0.3 is 10.4 Å². The fourth-order valence-corrected chi connectivity index (χ4v) is 1.67. The van der Waals surface area contributed by atoms with Crippen molar-refractivity contribution in [1.29, 1.82) is 0 Å². The highest BCUT2D eigenvalue weighted by atomic mass is 35.5. The summed E-state index contributed by atoms with van der Waals surface area (Å²) in [4.78, 5) is 11.4. The van der Waals surface area contributed by atoms with Crippen molar-refractivity contribution in [2.45, 2.75) is 25.4 Å². The Bertz CT molecular complexity index is 449. The van der Waals surface area contributed by atoms with Crippen LogP contribution in [0, 0.1) is 0 Å². The van der Waals surface area contributed by atoms with Crippen LogP contribution >= 0.6 is 11.6 Å². The molecule has 0 atom stereocenters. The van der Waals surface area contributed by atoms with E-state index in [9.17, 15) is 18.0 Å². The molecular formula is C12H13ClF3NO2. The van der Waals surface area contributed by atoms with Gasteiger partial charge in [-0.25, -0.2) is 0 Å². The van der Waals surface area contributed by atoms with Crippen molar-refractivity contribution in [2.24, 2.45) is 0 Å². The predicted octanol–water partition coefficient (Wildman–Crippen LogP) is 3.46. The van der Waals surface area contributed by atoms with Gasteiger partial charge in [0.15, 0.2) is 0 Å². The minimum absolute atomic E-state index is 0.0214. The SMILES string of the molecule is O=C(CCCCO)Nc1ccc(Cl)c(C(F)(F)F)c1. The third-order valence-electron chi connectivity index (χ3n) is 2.37. The van der Waals surface area contributed by atoms with Crippen LogP contribution in [0.4, 0.5) is 18.9 Å². The number of aliphatic hydroxyl groups excluding tert-OH is 1. The van der Waals surface area contributed by atoms with E-state index in [1.54, 1.807) is 0 Å². The smallest absolute Gasteiger partial charge is 0.396 e. The van der Waals surface area contributed by atoms with E-state index in [1.165, 1.54) is 6.07 Å². The normalized spacial score (nSPS) is 11.4. The molecule has 0 saturated carbocycles. The lowest BCUT2D eigenvalue weighted by Crippen LogP contribution is -2.13. The molecule has 0 fully saturated rings. The monoisotopic (exact) mass is 295 g/mol. The number of unbranched alkanes of at least 4 members (excludes halogenated alkanes) is 1. The third-order valence-corrected chi connectivity index (χ3v) is 2.70. The molecule has 1 amide bonds. The molecule has 7 heteroatoms. The van der Waals surface area contributed by atoms with Crippen LogP contribution in [0.3, 0.4) is 0 Å². The van der Waals surface area contributed by atoms with Gasteiger partial charge in [-0.3, -0.25) is 4.79 Å². The number of rotatable bonds is 5. The first kappa shape index (κ1) is 15.8. The highest BCUT2D eigenvalue weighted by Crippen LogP contribution is 2.36. The molecule has 0 bridgehead atoms. The van der Waals surface area contributed by atoms with Crippen LogP contribution in [-0.4, -0.2) is 17.6 Å². The van der Waals surface area contributed by atoms with Gasteiger partial charge >= 0.3 is 6.18 Å². The molecule has 3 nitrogen and oxygen atoms in total. The van der Waals surface area contributed by atoms with Crippen LogP contribution in [0.15, 0.2) is 18.2 Å². The molecule has 1 aromatic carbocycles. The van der Waals surface area contributed by atoms with Crippen LogP contribution in [0.5, 0.6) is 0 Å². The fourth-order valence-electron chi connectivity index (χ4n) is 1.44. The first-order valence-electron chi connectivity index (χ1n) is 5.62. The number of halogens is 4. The van der Waals surface area contributed by atoms with Gasteiger partial charge in [-0.1, -0.05) is 11.6 Å². The van der Waals surface area contributed by atoms with Crippen LogP contribution in [0.2, 0.25) is 5.02 Å². The maximum atomic E-state index is 12.6. The molecule has 1 rings (SSSR count). The number of alkyl halides is 3. The lowest BCUT2D eigenvalue weighted by atomic mass is 10.2. The minimum Gasteiger partial charge on any atom is -0.396 e. The highest BCUT2D eigenvalue weighted by molar-refractivity contribution is 6.31. The van der Waals surface area contributed by atoms with Gasteiger partial charge in [0, 0.05) is 18.7 Å². The van der Waals surface area contributed by atoms with Gasteiger partial charge in [0.25, 0.3) is 0 Å². The van der Waals surface area contributed by atoms with Crippen LogP contribution in [-0.2, 0) is 11.0 Å². The first-order chi connectivity index (χ1) is 8.84. The van der Waals surface area contributed by atoms with E-state index in [-0.39, 0.29) is 18.7 Å². The fraction of sp³-hybridized carbons (Fsp3) is 0.417. The quantitative estimate of drug-likeness (QED) is 0.817. The van der Waals surface area contributed by atoms with Crippen molar-refractivity contribution >= 4 is 23.2 Å². The first-order valence-corrected chi connectivity index (χ1v) is 6.00. The molecule has 1 aromatic rings. The summed E-state index contributed by atoms with van der Waals surface area (Å²) in [6.45, 7) is -0.0214. The predicted molar refractivity (Wildman–Crippen MR) is 66.0 cm³/mol. The van der Waals surface area contributed by atoms with Crippen LogP contribution in [0.25, 0.3) is 0 Å². The van der Waals surface area contributed by atoms with E-state index < -0.39 is 22.7 Å². The summed E-state index contributed by atoms with van der Waals surface area (Å²) in [5, 5.41) is 10.5. The Morgan fingerprint density at radius 3 is 2.58 bits per heavy atom. The number of aliphatic hydroxyl groups is 1. The van der Waals surface area contributed by atoms with Gasteiger partial charge in [-0.05, 0) is 31.0 Å². The van der Waals surface area contributed by atoms with Crippen molar-refractivity contribution in [1.82, 2.24) is 0 Å². The number of benzene rings is 1. The van der Waals surface area contributed by atoms with E-state index in [0.717, 1.165) is 12.1 Å². The summed E-state index contributed by atoms with van der Waals surface area (Å²) in [6.07, 6.45) is -3.47. The summed E-state index contributed by atoms with van der Waals surface area (Å²) in [5.74, 6) is -0.399. The maximum Gasteiger partial charge on any atom is 0.417 e. The average Bonchev–Trinajstić information content (AvgIpc) is 2.30.